The van der Waals surface area contributed by atoms with Crippen LogP contribution in [0.3, 0.4) is 0 Å². The Hall–Kier alpha value is -6.85. The summed E-state index contributed by atoms with van der Waals surface area (Å²) in [6, 6.07) is 58.5. The van der Waals surface area contributed by atoms with Crippen LogP contribution in [0.1, 0.15) is 0 Å². The summed E-state index contributed by atoms with van der Waals surface area (Å²) in [5, 5.41) is 4.28. The average molecular weight is 641 g/mol. The van der Waals surface area contributed by atoms with E-state index >= 15 is 0 Å². The lowest BCUT2D eigenvalue weighted by molar-refractivity contribution is 0.670. The van der Waals surface area contributed by atoms with Gasteiger partial charge in [-0.2, -0.15) is 9.97 Å². The molecule has 234 valence electrons. The lowest BCUT2D eigenvalue weighted by Crippen LogP contribution is -2.06. The number of benzene rings is 7. The number of hydrogen-bond acceptors (Lipinski definition) is 4. The predicted molar refractivity (Wildman–Crippen MR) is 203 cm³/mol. The molecule has 0 aliphatic rings. The Bertz CT molecular complexity index is 2780. The topological polar surface area (TPSA) is 56.7 Å². The highest BCUT2D eigenvalue weighted by molar-refractivity contribution is 6.24. The lowest BCUT2D eigenvalue weighted by Gasteiger charge is -2.13. The molecular weight excluding hydrogens is 613 g/mol. The van der Waals surface area contributed by atoms with E-state index in [0.29, 0.717) is 17.6 Å². The fraction of sp³-hybridized carbons (Fsp3) is 0. The molecule has 0 amide bonds. The molecule has 0 fully saturated rings. The van der Waals surface area contributed by atoms with Gasteiger partial charge < -0.3 is 4.42 Å². The summed E-state index contributed by atoms with van der Waals surface area (Å²) in [6.07, 6.45) is 0. The van der Waals surface area contributed by atoms with Crippen molar-refractivity contribution in [3.8, 4) is 51.0 Å². The third kappa shape index (κ3) is 4.52. The summed E-state index contributed by atoms with van der Waals surface area (Å²) in [5.74, 6) is 1.72. The maximum atomic E-state index is 6.76. The number of fused-ring (bicyclic) bond motifs is 7. The second-order valence-electron chi connectivity index (χ2n) is 12.4. The minimum atomic E-state index is 0.523. The second-order valence-corrected chi connectivity index (χ2v) is 12.4. The van der Waals surface area contributed by atoms with Crippen molar-refractivity contribution in [2.24, 2.45) is 0 Å². The Balaban J connectivity index is 1.41. The number of nitrogens with zero attached hydrogens (tertiary/aromatic N) is 4. The van der Waals surface area contributed by atoms with Crippen molar-refractivity contribution in [1.82, 2.24) is 19.5 Å². The van der Waals surface area contributed by atoms with E-state index in [4.69, 9.17) is 19.4 Å². The van der Waals surface area contributed by atoms with Crippen molar-refractivity contribution in [3.05, 3.63) is 170 Å². The summed E-state index contributed by atoms with van der Waals surface area (Å²) in [7, 11) is 0. The summed E-state index contributed by atoms with van der Waals surface area (Å²) in [4.78, 5) is 15.5. The molecule has 0 saturated carbocycles. The molecule has 0 radical (unpaired) electrons. The third-order valence-corrected chi connectivity index (χ3v) is 9.45. The van der Waals surface area contributed by atoms with Crippen LogP contribution in [-0.4, -0.2) is 19.5 Å². The molecule has 0 aliphatic heterocycles. The van der Waals surface area contributed by atoms with Gasteiger partial charge in [-0.1, -0.05) is 146 Å². The molecule has 0 atom stereocenters. The van der Waals surface area contributed by atoms with Gasteiger partial charge in [-0.25, -0.2) is 4.98 Å². The lowest BCUT2D eigenvalue weighted by atomic mass is 9.94. The minimum absolute atomic E-state index is 0.523. The zero-order valence-corrected chi connectivity index (χ0v) is 26.9. The highest BCUT2D eigenvalue weighted by atomic mass is 16.3. The summed E-state index contributed by atoms with van der Waals surface area (Å²) >= 11 is 0. The molecule has 3 heterocycles. The van der Waals surface area contributed by atoms with Crippen LogP contribution in [0.15, 0.2) is 174 Å². The van der Waals surface area contributed by atoms with Crippen molar-refractivity contribution in [2.75, 3.05) is 0 Å². The Labute approximate surface area is 287 Å². The van der Waals surface area contributed by atoms with Crippen LogP contribution in [0.2, 0.25) is 0 Å². The van der Waals surface area contributed by atoms with Gasteiger partial charge >= 0.3 is 0 Å². The first-order valence-corrected chi connectivity index (χ1v) is 16.7. The van der Waals surface area contributed by atoms with Crippen molar-refractivity contribution in [3.63, 3.8) is 0 Å². The van der Waals surface area contributed by atoms with Crippen LogP contribution in [-0.2, 0) is 0 Å². The highest BCUT2D eigenvalue weighted by Crippen LogP contribution is 2.45. The first-order chi connectivity index (χ1) is 24.8. The Kier molecular flexibility index (Phi) is 6.42. The van der Waals surface area contributed by atoms with Crippen molar-refractivity contribution < 1.29 is 4.42 Å². The van der Waals surface area contributed by atoms with Crippen LogP contribution < -0.4 is 0 Å². The molecule has 50 heavy (non-hydrogen) atoms. The van der Waals surface area contributed by atoms with Crippen LogP contribution in [0.25, 0.3) is 94.7 Å². The van der Waals surface area contributed by atoms with Crippen LogP contribution >= 0.6 is 0 Å². The van der Waals surface area contributed by atoms with Gasteiger partial charge in [-0.05, 0) is 46.5 Å². The fourth-order valence-electron chi connectivity index (χ4n) is 7.15. The van der Waals surface area contributed by atoms with Crippen molar-refractivity contribution >= 4 is 43.7 Å². The number of hydrogen-bond donors (Lipinski definition) is 0. The quantitative estimate of drug-likeness (QED) is 0.188. The molecule has 0 spiro atoms. The number of furan rings is 1. The van der Waals surface area contributed by atoms with E-state index in [0.717, 1.165) is 77.1 Å². The number of para-hydroxylation sites is 1. The van der Waals surface area contributed by atoms with Gasteiger partial charge in [0, 0.05) is 32.7 Å². The molecule has 3 aromatic heterocycles. The van der Waals surface area contributed by atoms with Gasteiger partial charge in [0.05, 0.1) is 5.52 Å². The smallest absolute Gasteiger partial charge is 0.238 e. The molecule has 10 rings (SSSR count). The monoisotopic (exact) mass is 640 g/mol. The summed E-state index contributed by atoms with van der Waals surface area (Å²) in [5.41, 5.74) is 9.85. The van der Waals surface area contributed by atoms with Crippen LogP contribution in [0, 0.1) is 0 Å². The van der Waals surface area contributed by atoms with Crippen LogP contribution in [0.4, 0.5) is 0 Å². The van der Waals surface area contributed by atoms with Gasteiger partial charge in [0.25, 0.3) is 0 Å². The van der Waals surface area contributed by atoms with Gasteiger partial charge in [0.15, 0.2) is 17.2 Å². The zero-order valence-electron chi connectivity index (χ0n) is 26.9. The maximum Gasteiger partial charge on any atom is 0.238 e. The highest BCUT2D eigenvalue weighted by Gasteiger charge is 2.24. The maximum absolute atomic E-state index is 6.76. The zero-order chi connectivity index (χ0) is 33.0. The van der Waals surface area contributed by atoms with E-state index in [1.165, 1.54) is 0 Å². The van der Waals surface area contributed by atoms with Gasteiger partial charge in [0.2, 0.25) is 5.95 Å². The number of rotatable bonds is 5. The van der Waals surface area contributed by atoms with Crippen molar-refractivity contribution in [1.29, 1.82) is 0 Å². The first-order valence-electron chi connectivity index (χ1n) is 16.7. The molecular formula is C45H28N4O. The summed E-state index contributed by atoms with van der Waals surface area (Å²) in [6.45, 7) is 0. The van der Waals surface area contributed by atoms with E-state index in [1.54, 1.807) is 0 Å². The fourth-order valence-corrected chi connectivity index (χ4v) is 7.15. The molecule has 0 unspecified atom stereocenters. The van der Waals surface area contributed by atoms with E-state index in [-0.39, 0.29) is 0 Å². The van der Waals surface area contributed by atoms with Gasteiger partial charge in [0.1, 0.15) is 11.1 Å². The molecule has 0 N–H and O–H groups in total. The molecule has 0 bridgehead atoms. The minimum Gasteiger partial charge on any atom is -0.454 e. The van der Waals surface area contributed by atoms with Crippen LogP contribution in [0.5, 0.6) is 0 Å². The Morgan fingerprint density at radius 1 is 0.420 bits per heavy atom. The SMILES string of the molecule is c1ccc(-c2cc(-c3ccccc3)c3c4ccc5c6ccccc6oc5c4n(-c4nc(-c5ccccc5)nc(-c5ccccc5)n4)c3c2)cc1. The first kappa shape index (κ1) is 28.2. The Morgan fingerprint density at radius 2 is 0.960 bits per heavy atom. The van der Waals surface area contributed by atoms with E-state index < -0.39 is 0 Å². The summed E-state index contributed by atoms with van der Waals surface area (Å²) < 4.78 is 8.94. The van der Waals surface area contributed by atoms with Gasteiger partial charge in [-0.15, -0.1) is 0 Å². The number of aromatic nitrogens is 4. The molecule has 0 aliphatic carbocycles. The molecule has 5 heteroatoms. The normalized spacial score (nSPS) is 11.6. The molecule has 7 aromatic carbocycles. The molecule has 5 nitrogen and oxygen atoms in total. The predicted octanol–water partition coefficient (Wildman–Crippen LogP) is 11.5. The standard InChI is InChI=1S/C45H28N4O/c1-5-15-29(16-6-1)33-27-37(30-17-7-2-8-18-30)40-36-26-25-35-34-23-13-14-24-39(34)50-42(35)41(36)49(38(40)28-33)45-47-43(31-19-9-3-10-20-31)46-44(48-45)32-21-11-4-12-22-32/h1-28H. The second kappa shape index (κ2) is 11.4. The van der Waals surface area contributed by atoms with Crippen molar-refractivity contribution in [2.45, 2.75) is 0 Å². The van der Waals surface area contributed by atoms with E-state index in [9.17, 15) is 0 Å². The van der Waals surface area contributed by atoms with Gasteiger partial charge in [-0.3, -0.25) is 4.57 Å². The van der Waals surface area contributed by atoms with E-state index in [2.05, 4.69) is 102 Å². The molecule has 10 aromatic rings. The Morgan fingerprint density at radius 3 is 1.60 bits per heavy atom. The average Bonchev–Trinajstić information content (AvgIpc) is 3.75. The van der Waals surface area contributed by atoms with E-state index in [1.807, 2.05) is 72.8 Å². The third-order valence-electron chi connectivity index (χ3n) is 9.45. The molecule has 0 saturated heterocycles. The largest absolute Gasteiger partial charge is 0.454 e.